The summed E-state index contributed by atoms with van der Waals surface area (Å²) in [5, 5.41) is 8.15. The van der Waals surface area contributed by atoms with E-state index in [0.29, 0.717) is 17.7 Å². The van der Waals surface area contributed by atoms with Crippen LogP contribution in [0.4, 0.5) is 11.5 Å². The maximum absolute atomic E-state index is 5.88. The van der Waals surface area contributed by atoms with E-state index in [4.69, 9.17) is 10.7 Å². The maximum atomic E-state index is 5.88. The minimum Gasteiger partial charge on any atom is -0.383 e. The van der Waals surface area contributed by atoms with Gasteiger partial charge in [0.05, 0.1) is 44.5 Å². The number of anilines is 2. The second-order valence-corrected chi connectivity index (χ2v) is 11.2. The molecule has 0 aliphatic carbocycles. The van der Waals surface area contributed by atoms with Crippen LogP contribution in [0.1, 0.15) is 60.7 Å². The largest absolute Gasteiger partial charge is 0.383 e. The molecule has 35 heavy (non-hydrogen) atoms. The molecule has 7 heteroatoms. The zero-order valence-corrected chi connectivity index (χ0v) is 21.6. The molecule has 1 aromatic carbocycles. The van der Waals surface area contributed by atoms with Crippen LogP contribution in [-0.2, 0) is 0 Å². The van der Waals surface area contributed by atoms with E-state index in [1.54, 1.807) is 6.20 Å². The summed E-state index contributed by atoms with van der Waals surface area (Å²) in [5.74, 6) is 1.74. The summed E-state index contributed by atoms with van der Waals surface area (Å²) < 4.78 is 1.29. The number of nitrogens with two attached hydrogens (primary N) is 1. The first kappa shape index (κ1) is 23.8. The van der Waals surface area contributed by atoms with Gasteiger partial charge in [-0.25, -0.2) is 9.97 Å². The molecule has 6 nitrogen and oxygen atoms in total. The zero-order chi connectivity index (χ0) is 24.5. The number of rotatable bonds is 6. The number of pyridine rings is 1. The lowest BCUT2D eigenvalue weighted by Crippen LogP contribution is -2.37. The molecule has 0 spiro atoms. The number of hydrogen-bond donors (Lipinski definition) is 3. The minimum absolute atomic E-state index is 0.261. The first-order valence-corrected chi connectivity index (χ1v) is 13.5. The Kier molecular flexibility index (Phi) is 6.80. The van der Waals surface area contributed by atoms with Crippen molar-refractivity contribution in [3.63, 3.8) is 0 Å². The Morgan fingerprint density at radius 2 is 1.97 bits per heavy atom. The van der Waals surface area contributed by atoms with Gasteiger partial charge in [-0.2, -0.15) is 0 Å². The van der Waals surface area contributed by atoms with Crippen molar-refractivity contribution in [3.8, 4) is 0 Å². The summed E-state index contributed by atoms with van der Waals surface area (Å²) in [4.78, 5) is 11.8. The van der Waals surface area contributed by atoms with Crippen molar-refractivity contribution in [3.05, 3.63) is 71.1 Å². The molecule has 0 amide bonds. The van der Waals surface area contributed by atoms with E-state index in [0.717, 1.165) is 54.2 Å². The van der Waals surface area contributed by atoms with E-state index in [-0.39, 0.29) is 6.04 Å². The lowest BCUT2D eigenvalue weighted by atomic mass is 9.89. The Morgan fingerprint density at radius 1 is 1.17 bits per heavy atom. The highest BCUT2D eigenvalue weighted by Crippen LogP contribution is 2.39. The molecule has 0 saturated carbocycles. The molecule has 2 aliphatic heterocycles. The van der Waals surface area contributed by atoms with Gasteiger partial charge < -0.3 is 21.3 Å². The first-order chi connectivity index (χ1) is 16.9. The Labute approximate surface area is 212 Å². The molecule has 2 aromatic heterocycles. The number of fused-ring (bicyclic) bond motifs is 1. The smallest absolute Gasteiger partial charge is 0.126 e. The third-order valence-corrected chi connectivity index (χ3v) is 8.63. The maximum Gasteiger partial charge on any atom is 0.126 e. The molecular formula is C28H36N6S. The summed E-state index contributed by atoms with van der Waals surface area (Å²) in [5.41, 5.74) is 11.9. The average Bonchev–Trinajstić information content (AvgIpc) is 3.30. The topological polar surface area (TPSA) is 79.1 Å². The van der Waals surface area contributed by atoms with Gasteiger partial charge >= 0.3 is 0 Å². The highest BCUT2D eigenvalue weighted by Gasteiger charge is 2.30. The summed E-state index contributed by atoms with van der Waals surface area (Å²) >= 11 is 1.87. The summed E-state index contributed by atoms with van der Waals surface area (Å²) in [6.07, 6.45) is 6.39. The average molecular weight is 489 g/mol. The molecule has 184 valence electrons. The summed E-state index contributed by atoms with van der Waals surface area (Å²) in [7, 11) is 0. The third kappa shape index (κ3) is 5.07. The van der Waals surface area contributed by atoms with Crippen LogP contribution in [0, 0.1) is 12.8 Å². The molecule has 0 bridgehead atoms. The van der Waals surface area contributed by atoms with E-state index in [9.17, 15) is 0 Å². The van der Waals surface area contributed by atoms with Gasteiger partial charge in [0.2, 0.25) is 0 Å². The number of likely N-dealkylation sites (tertiary alicyclic amines) is 1. The summed E-state index contributed by atoms with van der Waals surface area (Å²) in [6.45, 7) is 16.2. The van der Waals surface area contributed by atoms with Crippen LogP contribution in [0.15, 0.2) is 55.0 Å². The Bertz CT molecular complexity index is 1240. The van der Waals surface area contributed by atoms with Crippen LogP contribution in [-0.4, -0.2) is 34.5 Å². The molecule has 4 heterocycles. The van der Waals surface area contributed by atoms with Crippen LogP contribution >= 0.6 is 11.3 Å². The van der Waals surface area contributed by atoms with E-state index in [1.807, 2.05) is 24.3 Å². The molecule has 2 aliphatic rings. The van der Waals surface area contributed by atoms with Crippen LogP contribution in [0.3, 0.4) is 0 Å². The van der Waals surface area contributed by atoms with Gasteiger partial charge in [-0.15, -0.1) is 11.3 Å². The van der Waals surface area contributed by atoms with Crippen molar-refractivity contribution in [1.29, 1.82) is 0 Å². The molecular weight excluding hydrogens is 452 g/mol. The first-order valence-electron chi connectivity index (χ1n) is 12.6. The number of hydrogen-bond acceptors (Lipinski definition) is 7. The van der Waals surface area contributed by atoms with Crippen LogP contribution < -0.4 is 16.4 Å². The van der Waals surface area contributed by atoms with Crippen molar-refractivity contribution in [2.24, 2.45) is 5.92 Å². The van der Waals surface area contributed by atoms with Gasteiger partial charge in [0.25, 0.3) is 0 Å². The Hall–Kier alpha value is -2.90. The lowest BCUT2D eigenvalue weighted by Gasteiger charge is -2.42. The quantitative estimate of drug-likeness (QED) is 0.372. The third-order valence-electron chi connectivity index (χ3n) is 7.43. The highest BCUT2D eigenvalue weighted by molar-refractivity contribution is 7.18. The van der Waals surface area contributed by atoms with Gasteiger partial charge in [0.15, 0.2) is 0 Å². The van der Waals surface area contributed by atoms with E-state index in [2.05, 4.69) is 58.8 Å². The molecule has 3 aromatic rings. The molecule has 2 saturated heterocycles. The number of aromatic nitrogens is 2. The van der Waals surface area contributed by atoms with Crippen molar-refractivity contribution < 1.29 is 0 Å². The number of nitrogens with one attached hydrogen (secondary N) is 2. The van der Waals surface area contributed by atoms with Crippen molar-refractivity contribution in [2.75, 3.05) is 30.7 Å². The predicted molar refractivity (Wildman–Crippen MR) is 148 cm³/mol. The SMILES string of the molecule is C=C(Nc1cnc(N)c(C)c1)C(=C)N1CC(C)CCC1c1ccc2sc(C3CCNCC3)nc2c1. The monoisotopic (exact) mass is 488 g/mol. The number of piperidine rings is 2. The summed E-state index contributed by atoms with van der Waals surface area (Å²) in [6, 6.07) is 9.12. The Balaban J connectivity index is 1.37. The van der Waals surface area contributed by atoms with Crippen molar-refractivity contribution >= 4 is 33.1 Å². The number of benzene rings is 1. The number of nitrogens with zero attached hydrogens (tertiary/aromatic N) is 3. The second kappa shape index (κ2) is 9.99. The van der Waals surface area contributed by atoms with E-state index in [1.165, 1.54) is 34.5 Å². The van der Waals surface area contributed by atoms with E-state index < -0.39 is 0 Å². The van der Waals surface area contributed by atoms with Gasteiger partial charge in [-0.05, 0) is 80.9 Å². The molecule has 2 unspecified atom stereocenters. The predicted octanol–water partition coefficient (Wildman–Crippen LogP) is 5.96. The standard InChI is InChI=1S/C28H36N6S/c1-17-5-7-25(34(16-17)20(4)19(3)32-23-13-18(2)27(29)31-15-23)22-6-8-26-24(14-22)33-28(35-26)21-9-11-30-12-10-21/h6,8,13-15,17,21,25,30,32H,3-5,7,9-12,16H2,1-2H3,(H2,29,31). The molecule has 4 N–H and O–H groups in total. The number of nitrogen functional groups attached to an aromatic ring is 1. The fourth-order valence-corrected chi connectivity index (χ4v) is 6.40. The van der Waals surface area contributed by atoms with Gasteiger partial charge in [0, 0.05) is 12.5 Å². The van der Waals surface area contributed by atoms with Crippen LogP contribution in [0.25, 0.3) is 10.2 Å². The normalized spacial score (nSPS) is 21.3. The van der Waals surface area contributed by atoms with Gasteiger partial charge in [0.1, 0.15) is 5.82 Å². The van der Waals surface area contributed by atoms with E-state index >= 15 is 0 Å². The van der Waals surface area contributed by atoms with Crippen LogP contribution in [0.5, 0.6) is 0 Å². The van der Waals surface area contributed by atoms with Crippen molar-refractivity contribution in [1.82, 2.24) is 20.2 Å². The highest BCUT2D eigenvalue weighted by atomic mass is 32.1. The van der Waals surface area contributed by atoms with Crippen LogP contribution in [0.2, 0.25) is 0 Å². The van der Waals surface area contributed by atoms with Crippen molar-refractivity contribution in [2.45, 2.75) is 51.5 Å². The minimum atomic E-state index is 0.261. The van der Waals surface area contributed by atoms with Gasteiger partial charge in [-0.1, -0.05) is 26.1 Å². The second-order valence-electron chi connectivity index (χ2n) is 10.1. The molecule has 2 fully saturated rings. The Morgan fingerprint density at radius 3 is 2.74 bits per heavy atom. The lowest BCUT2D eigenvalue weighted by molar-refractivity contribution is 0.158. The number of thiazole rings is 1. The fourth-order valence-electron chi connectivity index (χ4n) is 5.28. The zero-order valence-electron chi connectivity index (χ0n) is 20.8. The molecule has 0 radical (unpaired) electrons. The fraction of sp³-hybridized carbons (Fsp3) is 0.429. The molecule has 5 rings (SSSR count). The number of aryl methyl sites for hydroxylation is 1. The van der Waals surface area contributed by atoms with Gasteiger partial charge in [-0.3, -0.25) is 0 Å². The molecule has 2 atom stereocenters.